The summed E-state index contributed by atoms with van der Waals surface area (Å²) in [5.41, 5.74) is 1.44. The van der Waals surface area contributed by atoms with Crippen LogP contribution in [0.3, 0.4) is 0 Å². The fourth-order valence-corrected chi connectivity index (χ4v) is 4.71. The van der Waals surface area contributed by atoms with Gasteiger partial charge in [0.1, 0.15) is 0 Å². The number of carbonyl (C=O) groups excluding carboxylic acids is 2. The van der Waals surface area contributed by atoms with Crippen LogP contribution in [0.4, 0.5) is 0 Å². The van der Waals surface area contributed by atoms with Crippen LogP contribution in [0.2, 0.25) is 0 Å². The van der Waals surface area contributed by atoms with Crippen LogP contribution >= 0.6 is 11.8 Å². The number of carbonyl (C=O) groups is 2. The normalized spacial score (nSPS) is 11.7. The number of hydrogen-bond acceptors (Lipinski definition) is 7. The Labute approximate surface area is 227 Å². The van der Waals surface area contributed by atoms with Crippen molar-refractivity contribution in [2.45, 2.75) is 57.3 Å². The molecule has 3 rings (SSSR count). The van der Waals surface area contributed by atoms with Crippen molar-refractivity contribution in [1.29, 1.82) is 0 Å². The van der Waals surface area contributed by atoms with Crippen LogP contribution in [0.15, 0.2) is 52.4 Å². The first-order chi connectivity index (χ1) is 18.4. The molecular weight excluding hydrogens is 504 g/mol. The van der Waals surface area contributed by atoms with Crippen LogP contribution < -0.4 is 25.7 Å². The molecule has 0 aliphatic carbocycles. The minimum Gasteiger partial charge on any atom is -0.493 e. The minimum atomic E-state index is -0.172. The van der Waals surface area contributed by atoms with E-state index in [9.17, 15) is 14.4 Å². The SMILES string of the molecule is CCC(C)NC(=O)CSc1nc2ccccc2c(=O)n1CCCC(=O)NCCc1ccc(OC)c(OC)c1. The summed E-state index contributed by atoms with van der Waals surface area (Å²) >= 11 is 1.23. The molecule has 0 aliphatic rings. The molecule has 2 aromatic carbocycles. The second kappa shape index (κ2) is 14.4. The summed E-state index contributed by atoms with van der Waals surface area (Å²) in [6, 6.07) is 12.9. The van der Waals surface area contributed by atoms with Gasteiger partial charge >= 0.3 is 0 Å². The quantitative estimate of drug-likeness (QED) is 0.238. The number of hydrogen-bond donors (Lipinski definition) is 2. The molecule has 38 heavy (non-hydrogen) atoms. The van der Waals surface area contributed by atoms with E-state index in [2.05, 4.69) is 15.6 Å². The highest BCUT2D eigenvalue weighted by Crippen LogP contribution is 2.27. The number of aromatic nitrogens is 2. The second-order valence-corrected chi connectivity index (χ2v) is 9.87. The van der Waals surface area contributed by atoms with Gasteiger partial charge in [0.05, 0.1) is 30.9 Å². The first kappa shape index (κ1) is 29.0. The molecule has 0 bridgehead atoms. The summed E-state index contributed by atoms with van der Waals surface area (Å²) in [5.74, 6) is 1.27. The van der Waals surface area contributed by atoms with Gasteiger partial charge in [0.2, 0.25) is 11.8 Å². The molecule has 1 atom stereocenters. The number of amides is 2. The average molecular weight is 541 g/mol. The number of nitrogens with one attached hydrogen (secondary N) is 2. The molecule has 0 fully saturated rings. The van der Waals surface area contributed by atoms with Crippen LogP contribution in [-0.4, -0.2) is 53.9 Å². The van der Waals surface area contributed by atoms with Gasteiger partial charge in [0.15, 0.2) is 16.7 Å². The Morgan fingerprint density at radius 3 is 2.58 bits per heavy atom. The average Bonchev–Trinajstić information content (AvgIpc) is 2.93. The smallest absolute Gasteiger partial charge is 0.262 e. The summed E-state index contributed by atoms with van der Waals surface area (Å²) in [4.78, 5) is 42.6. The Hall–Kier alpha value is -3.53. The maximum absolute atomic E-state index is 13.2. The van der Waals surface area contributed by atoms with Crippen LogP contribution in [0.25, 0.3) is 10.9 Å². The lowest BCUT2D eigenvalue weighted by molar-refractivity contribution is -0.121. The summed E-state index contributed by atoms with van der Waals surface area (Å²) < 4.78 is 12.2. The van der Waals surface area contributed by atoms with E-state index < -0.39 is 0 Å². The van der Waals surface area contributed by atoms with Gasteiger partial charge in [-0.15, -0.1) is 0 Å². The van der Waals surface area contributed by atoms with E-state index >= 15 is 0 Å². The molecule has 0 saturated heterocycles. The van der Waals surface area contributed by atoms with Crippen LogP contribution in [-0.2, 0) is 22.6 Å². The van der Waals surface area contributed by atoms with E-state index in [0.29, 0.717) is 53.5 Å². The van der Waals surface area contributed by atoms with E-state index in [1.54, 1.807) is 37.0 Å². The molecule has 1 unspecified atom stereocenters. The van der Waals surface area contributed by atoms with Crippen molar-refractivity contribution in [3.63, 3.8) is 0 Å². The van der Waals surface area contributed by atoms with Crippen molar-refractivity contribution in [2.75, 3.05) is 26.5 Å². The van der Waals surface area contributed by atoms with Gasteiger partial charge < -0.3 is 20.1 Å². The van der Waals surface area contributed by atoms with E-state index in [4.69, 9.17) is 9.47 Å². The van der Waals surface area contributed by atoms with Crippen LogP contribution in [0.1, 0.15) is 38.7 Å². The fourth-order valence-electron chi connectivity index (χ4n) is 3.87. The van der Waals surface area contributed by atoms with E-state index in [1.165, 1.54) is 11.8 Å². The van der Waals surface area contributed by atoms with Crippen LogP contribution in [0, 0.1) is 0 Å². The van der Waals surface area contributed by atoms with Crippen molar-refractivity contribution in [3.05, 3.63) is 58.4 Å². The third-order valence-electron chi connectivity index (χ3n) is 6.15. The maximum atomic E-state index is 13.2. The Morgan fingerprint density at radius 1 is 1.08 bits per heavy atom. The molecule has 1 aromatic heterocycles. The number of rotatable bonds is 14. The van der Waals surface area contributed by atoms with Gasteiger partial charge in [-0.25, -0.2) is 4.98 Å². The predicted octanol–water partition coefficient (Wildman–Crippen LogP) is 3.56. The van der Waals surface area contributed by atoms with Gasteiger partial charge in [-0.2, -0.15) is 0 Å². The number of methoxy groups -OCH3 is 2. The number of ether oxygens (including phenoxy) is 2. The molecule has 2 N–H and O–H groups in total. The molecule has 9 nitrogen and oxygen atoms in total. The van der Waals surface area contributed by atoms with Crippen molar-refractivity contribution in [3.8, 4) is 11.5 Å². The number of fused-ring (bicyclic) bond motifs is 1. The third-order valence-corrected chi connectivity index (χ3v) is 7.12. The molecule has 10 heteroatoms. The minimum absolute atomic E-state index is 0.0834. The van der Waals surface area contributed by atoms with E-state index in [0.717, 1.165) is 12.0 Å². The van der Waals surface area contributed by atoms with Gasteiger partial charge in [-0.3, -0.25) is 19.0 Å². The zero-order valence-electron chi connectivity index (χ0n) is 22.4. The largest absolute Gasteiger partial charge is 0.493 e. The van der Waals surface area contributed by atoms with Gasteiger partial charge in [-0.1, -0.05) is 36.9 Å². The summed E-state index contributed by atoms with van der Waals surface area (Å²) in [6.07, 6.45) is 2.23. The lowest BCUT2D eigenvalue weighted by Gasteiger charge is -2.14. The molecular formula is C28H36N4O5S. The van der Waals surface area contributed by atoms with Gasteiger partial charge in [0.25, 0.3) is 5.56 Å². The van der Waals surface area contributed by atoms with Crippen molar-refractivity contribution < 1.29 is 19.1 Å². The lowest BCUT2D eigenvalue weighted by Crippen LogP contribution is -2.33. The standard InChI is InChI=1S/C28H36N4O5S/c1-5-19(2)30-26(34)18-38-28-31-22-10-7-6-9-21(22)27(35)32(28)16-8-11-25(33)29-15-14-20-12-13-23(36-3)24(17-20)37-4/h6-7,9-10,12-13,17,19H,5,8,11,14-16,18H2,1-4H3,(H,29,33)(H,30,34). The van der Waals surface area contributed by atoms with Crippen molar-refractivity contribution in [1.82, 2.24) is 20.2 Å². The Balaban J connectivity index is 1.58. The van der Waals surface area contributed by atoms with Crippen molar-refractivity contribution in [2.24, 2.45) is 0 Å². The molecule has 204 valence electrons. The first-order valence-electron chi connectivity index (χ1n) is 12.8. The highest BCUT2D eigenvalue weighted by Gasteiger charge is 2.14. The molecule has 3 aromatic rings. The molecule has 0 radical (unpaired) electrons. The molecule has 0 saturated carbocycles. The number of benzene rings is 2. The highest BCUT2D eigenvalue weighted by molar-refractivity contribution is 7.99. The highest BCUT2D eigenvalue weighted by atomic mass is 32.2. The lowest BCUT2D eigenvalue weighted by atomic mass is 10.1. The van der Waals surface area contributed by atoms with E-state index in [-0.39, 0.29) is 35.6 Å². The Morgan fingerprint density at radius 2 is 1.84 bits per heavy atom. The third kappa shape index (κ3) is 7.98. The topological polar surface area (TPSA) is 112 Å². The Bertz CT molecular complexity index is 1310. The van der Waals surface area contributed by atoms with Crippen molar-refractivity contribution >= 4 is 34.5 Å². The summed E-state index contributed by atoms with van der Waals surface area (Å²) in [6.45, 7) is 4.77. The second-order valence-electron chi connectivity index (χ2n) is 8.93. The zero-order valence-corrected chi connectivity index (χ0v) is 23.2. The molecule has 2 amide bonds. The number of para-hydroxylation sites is 1. The molecule has 1 heterocycles. The molecule has 0 aliphatic heterocycles. The summed E-state index contributed by atoms with van der Waals surface area (Å²) in [7, 11) is 3.18. The van der Waals surface area contributed by atoms with Gasteiger partial charge in [-0.05, 0) is 56.0 Å². The fraction of sp³-hybridized carbons (Fsp3) is 0.429. The number of thioether (sulfide) groups is 1. The predicted molar refractivity (Wildman–Crippen MR) is 150 cm³/mol. The maximum Gasteiger partial charge on any atom is 0.262 e. The summed E-state index contributed by atoms with van der Waals surface area (Å²) in [5, 5.41) is 6.85. The monoisotopic (exact) mass is 540 g/mol. The van der Waals surface area contributed by atoms with Crippen LogP contribution in [0.5, 0.6) is 11.5 Å². The number of nitrogens with zero attached hydrogens (tertiary/aromatic N) is 2. The molecule has 0 spiro atoms. The Kier molecular flexibility index (Phi) is 11.0. The zero-order chi connectivity index (χ0) is 27.5. The first-order valence-corrected chi connectivity index (χ1v) is 13.7. The van der Waals surface area contributed by atoms with E-state index in [1.807, 2.05) is 38.1 Å². The van der Waals surface area contributed by atoms with Gasteiger partial charge in [0, 0.05) is 25.6 Å².